The zero-order valence-corrected chi connectivity index (χ0v) is 10.5. The maximum absolute atomic E-state index is 12.5. The van der Waals surface area contributed by atoms with Crippen molar-refractivity contribution in [1.29, 1.82) is 0 Å². The van der Waals surface area contributed by atoms with Crippen molar-refractivity contribution in [3.63, 3.8) is 0 Å². The van der Waals surface area contributed by atoms with Gasteiger partial charge >= 0.3 is 18.0 Å². The predicted molar refractivity (Wildman–Crippen MR) is 60.5 cm³/mol. The van der Waals surface area contributed by atoms with Gasteiger partial charge in [-0.2, -0.15) is 13.2 Å². The van der Waals surface area contributed by atoms with Gasteiger partial charge in [0.2, 0.25) is 11.6 Å². The third-order valence-electron chi connectivity index (χ3n) is 2.44. The number of carboxylic acids is 1. The molecule has 8 nitrogen and oxygen atoms in total. The Morgan fingerprint density at radius 3 is 2.50 bits per heavy atom. The van der Waals surface area contributed by atoms with Crippen LogP contribution in [-0.4, -0.2) is 44.8 Å². The number of aliphatic carboxylic acids is 1. The average Bonchev–Trinajstić information content (AvgIpc) is 2.52. The van der Waals surface area contributed by atoms with Crippen LogP contribution in [0.4, 0.5) is 24.8 Å². The smallest absolute Gasteiger partial charge is 0.406 e. The van der Waals surface area contributed by atoms with E-state index in [1.807, 2.05) is 0 Å². The van der Waals surface area contributed by atoms with Gasteiger partial charge in [-0.05, 0) is 9.91 Å². The number of aromatic nitrogens is 2. The summed E-state index contributed by atoms with van der Waals surface area (Å²) in [5, 5.41) is 19.5. The minimum atomic E-state index is -4.71. The number of hydrogen-bond acceptors (Lipinski definition) is 5. The normalized spacial score (nSPS) is 11.4. The van der Waals surface area contributed by atoms with E-state index >= 15 is 0 Å². The summed E-state index contributed by atoms with van der Waals surface area (Å²) in [6.45, 7) is -1.29. The summed E-state index contributed by atoms with van der Waals surface area (Å²) in [5.41, 5.74) is 0. The van der Waals surface area contributed by atoms with E-state index in [1.165, 1.54) is 14.0 Å². The van der Waals surface area contributed by atoms with Crippen LogP contribution in [0.5, 0.6) is 0 Å². The van der Waals surface area contributed by atoms with Crippen molar-refractivity contribution in [2.24, 2.45) is 7.05 Å². The maximum Gasteiger partial charge on any atom is 0.406 e. The van der Waals surface area contributed by atoms with Gasteiger partial charge in [0, 0.05) is 14.0 Å². The summed E-state index contributed by atoms with van der Waals surface area (Å²) >= 11 is 0. The van der Waals surface area contributed by atoms with Gasteiger partial charge in [0.25, 0.3) is 0 Å². The molecule has 0 unspecified atom stereocenters. The lowest BCUT2D eigenvalue weighted by Gasteiger charge is -2.23. The highest BCUT2D eigenvalue weighted by molar-refractivity contribution is 5.74. The second kappa shape index (κ2) is 5.35. The van der Waals surface area contributed by atoms with Gasteiger partial charge < -0.3 is 20.1 Å². The number of hydrogen-bond donors (Lipinski definition) is 1. The van der Waals surface area contributed by atoms with Crippen LogP contribution in [0.3, 0.4) is 0 Å². The number of aryl methyl sites for hydroxylation is 1. The number of nitrogens with zero attached hydrogens (tertiary/aromatic N) is 4. The molecule has 0 aliphatic rings. The SMILES string of the molecule is Cc1nc([N+](=O)[O-])c(N(CC(=O)O)CC(F)(F)F)n1C. The number of rotatable bonds is 5. The summed E-state index contributed by atoms with van der Waals surface area (Å²) in [6, 6.07) is 0. The van der Waals surface area contributed by atoms with Crippen LogP contribution in [0, 0.1) is 17.0 Å². The molecule has 1 N–H and O–H groups in total. The lowest BCUT2D eigenvalue weighted by atomic mass is 10.4. The molecule has 112 valence electrons. The lowest BCUT2D eigenvalue weighted by Crippen LogP contribution is -2.39. The quantitative estimate of drug-likeness (QED) is 0.644. The standard InChI is InChI=1S/C9H11F3N4O4/c1-5-13-7(16(19)20)8(14(5)2)15(3-6(17)18)4-9(10,11)12/h3-4H2,1-2H3,(H,17,18). The van der Waals surface area contributed by atoms with Crippen LogP contribution in [0.25, 0.3) is 0 Å². The molecule has 0 aliphatic heterocycles. The molecule has 0 aliphatic carbocycles. The van der Waals surface area contributed by atoms with Gasteiger partial charge in [0.1, 0.15) is 13.1 Å². The second-order valence-electron chi connectivity index (χ2n) is 3.99. The number of carbonyl (C=O) groups is 1. The van der Waals surface area contributed by atoms with Crippen LogP contribution in [0.1, 0.15) is 5.82 Å². The van der Waals surface area contributed by atoms with Crippen molar-refractivity contribution in [1.82, 2.24) is 9.55 Å². The van der Waals surface area contributed by atoms with Gasteiger partial charge in [-0.3, -0.25) is 9.36 Å². The summed E-state index contributed by atoms with van der Waals surface area (Å²) < 4.78 is 38.5. The highest BCUT2D eigenvalue weighted by atomic mass is 19.4. The molecule has 0 saturated heterocycles. The molecular weight excluding hydrogens is 285 g/mol. The zero-order valence-electron chi connectivity index (χ0n) is 10.5. The molecule has 0 amide bonds. The van der Waals surface area contributed by atoms with E-state index in [2.05, 4.69) is 4.98 Å². The van der Waals surface area contributed by atoms with E-state index in [0.717, 1.165) is 4.57 Å². The molecule has 0 aromatic carbocycles. The Morgan fingerprint density at radius 2 is 2.10 bits per heavy atom. The number of nitro groups is 1. The Bertz CT molecular complexity index is 540. The van der Waals surface area contributed by atoms with Crippen molar-refractivity contribution in [3.8, 4) is 0 Å². The first-order valence-electron chi connectivity index (χ1n) is 5.24. The third-order valence-corrected chi connectivity index (χ3v) is 2.44. The molecular formula is C9H11F3N4O4. The number of anilines is 1. The van der Waals surface area contributed by atoms with Gasteiger partial charge in [-0.15, -0.1) is 0 Å². The first-order chi connectivity index (χ1) is 9.03. The maximum atomic E-state index is 12.5. The molecule has 0 bridgehead atoms. The first-order valence-corrected chi connectivity index (χ1v) is 5.24. The minimum Gasteiger partial charge on any atom is -0.480 e. The Morgan fingerprint density at radius 1 is 1.55 bits per heavy atom. The largest absolute Gasteiger partial charge is 0.480 e. The van der Waals surface area contributed by atoms with Crippen molar-refractivity contribution >= 4 is 17.6 Å². The summed E-state index contributed by atoms with van der Waals surface area (Å²) in [6.07, 6.45) is -4.71. The number of carboxylic acid groups (broad SMARTS) is 1. The Balaban J connectivity index is 3.32. The Labute approximate surface area is 110 Å². The Kier molecular flexibility index (Phi) is 4.20. The van der Waals surface area contributed by atoms with Crippen LogP contribution < -0.4 is 4.90 Å². The molecule has 11 heteroatoms. The first kappa shape index (κ1) is 15.7. The Hall–Kier alpha value is -2.33. The van der Waals surface area contributed by atoms with Crippen LogP contribution >= 0.6 is 0 Å². The van der Waals surface area contributed by atoms with E-state index in [0.29, 0.717) is 4.90 Å². The van der Waals surface area contributed by atoms with E-state index in [-0.39, 0.29) is 5.82 Å². The van der Waals surface area contributed by atoms with Crippen molar-refractivity contribution in [2.75, 3.05) is 18.0 Å². The molecule has 0 radical (unpaired) electrons. The van der Waals surface area contributed by atoms with Gasteiger partial charge in [0.15, 0.2) is 0 Å². The fourth-order valence-corrected chi connectivity index (χ4v) is 1.64. The third kappa shape index (κ3) is 3.59. The van der Waals surface area contributed by atoms with Gasteiger partial charge in [0.05, 0.1) is 0 Å². The zero-order chi connectivity index (χ0) is 15.7. The van der Waals surface area contributed by atoms with Crippen molar-refractivity contribution in [3.05, 3.63) is 15.9 Å². The summed E-state index contributed by atoms with van der Waals surface area (Å²) in [7, 11) is 1.27. The van der Waals surface area contributed by atoms with Crippen LogP contribution in [0.2, 0.25) is 0 Å². The number of imidazole rings is 1. The molecule has 0 atom stereocenters. The topological polar surface area (TPSA) is 102 Å². The summed E-state index contributed by atoms with van der Waals surface area (Å²) in [4.78, 5) is 24.4. The fourth-order valence-electron chi connectivity index (χ4n) is 1.64. The van der Waals surface area contributed by atoms with Gasteiger partial charge in [-0.1, -0.05) is 0 Å². The number of alkyl halides is 3. The molecule has 1 heterocycles. The summed E-state index contributed by atoms with van der Waals surface area (Å²) in [5.74, 6) is -2.74. The molecule has 0 fully saturated rings. The molecule has 0 saturated carbocycles. The van der Waals surface area contributed by atoms with Crippen molar-refractivity contribution < 1.29 is 28.0 Å². The van der Waals surface area contributed by atoms with Crippen molar-refractivity contribution in [2.45, 2.75) is 13.1 Å². The van der Waals surface area contributed by atoms with Crippen LogP contribution in [-0.2, 0) is 11.8 Å². The lowest BCUT2D eigenvalue weighted by molar-refractivity contribution is -0.388. The minimum absolute atomic E-state index is 0.101. The predicted octanol–water partition coefficient (Wildman–Crippen LogP) is 1.09. The second-order valence-corrected chi connectivity index (χ2v) is 3.99. The van der Waals surface area contributed by atoms with E-state index < -0.39 is 41.8 Å². The fraction of sp³-hybridized carbons (Fsp3) is 0.556. The number of halogens is 3. The molecule has 1 aromatic heterocycles. The van der Waals surface area contributed by atoms with E-state index in [4.69, 9.17) is 5.11 Å². The molecule has 1 aromatic rings. The highest BCUT2D eigenvalue weighted by Gasteiger charge is 2.37. The molecule has 20 heavy (non-hydrogen) atoms. The van der Waals surface area contributed by atoms with E-state index in [1.54, 1.807) is 0 Å². The molecule has 1 rings (SSSR count). The monoisotopic (exact) mass is 296 g/mol. The van der Waals surface area contributed by atoms with E-state index in [9.17, 15) is 28.1 Å². The van der Waals surface area contributed by atoms with Gasteiger partial charge in [-0.25, -0.2) is 0 Å². The molecule has 0 spiro atoms. The average molecular weight is 296 g/mol. The highest BCUT2D eigenvalue weighted by Crippen LogP contribution is 2.30. The van der Waals surface area contributed by atoms with Crippen LogP contribution in [0.15, 0.2) is 0 Å².